The predicted octanol–water partition coefficient (Wildman–Crippen LogP) is 4.84. The van der Waals surface area contributed by atoms with Gasteiger partial charge in [0, 0.05) is 0 Å². The minimum atomic E-state index is -1.13. The first-order valence-corrected chi connectivity index (χ1v) is 7.98. The molecule has 0 aromatic carbocycles. The molecule has 0 fully saturated rings. The van der Waals surface area contributed by atoms with Crippen molar-refractivity contribution >= 4 is 75.6 Å². The van der Waals surface area contributed by atoms with Crippen molar-refractivity contribution in [3.8, 4) is 5.88 Å². The summed E-state index contributed by atoms with van der Waals surface area (Å²) in [4.78, 5) is 26.8. The van der Waals surface area contributed by atoms with Crippen LogP contribution in [-0.4, -0.2) is 27.7 Å². The molecule has 6 nitrogen and oxygen atoms in total. The van der Waals surface area contributed by atoms with Crippen LogP contribution in [-0.2, 0) is 4.79 Å². The summed E-state index contributed by atoms with van der Waals surface area (Å²) in [6.07, 6.45) is 0. The minimum Gasteiger partial charge on any atom is -0.479 e. The summed E-state index contributed by atoms with van der Waals surface area (Å²) >= 11 is 33.2. The van der Waals surface area contributed by atoms with E-state index in [0.29, 0.717) is 0 Å². The van der Waals surface area contributed by atoms with Crippen LogP contribution >= 0.6 is 69.6 Å². The van der Waals surface area contributed by atoms with E-state index in [1.807, 2.05) is 0 Å². The molecule has 12 heteroatoms. The van der Waals surface area contributed by atoms with Crippen molar-refractivity contribution in [2.75, 3.05) is 6.61 Å². The summed E-state index contributed by atoms with van der Waals surface area (Å²) in [5.74, 6) is -1.18. The number of pyridine rings is 2. The highest BCUT2D eigenvalue weighted by molar-refractivity contribution is 6.43. The van der Waals surface area contributed by atoms with E-state index >= 15 is 0 Å². The highest BCUT2D eigenvalue weighted by Crippen LogP contribution is 2.30. The fourth-order valence-electron chi connectivity index (χ4n) is 1.12. The highest BCUT2D eigenvalue weighted by Gasteiger charge is 2.10. The van der Waals surface area contributed by atoms with Gasteiger partial charge in [0.2, 0.25) is 5.88 Å². The lowest BCUT2D eigenvalue weighted by Crippen LogP contribution is -2.10. The smallest absolute Gasteiger partial charge is 0.341 e. The number of ether oxygens (including phenoxy) is 1. The van der Waals surface area contributed by atoms with Crippen LogP contribution < -0.4 is 10.3 Å². The number of aromatic amines is 1. The average Bonchev–Trinajstić information content (AvgIpc) is 2.48. The Morgan fingerprint density at radius 1 is 1.04 bits per heavy atom. The Morgan fingerprint density at radius 3 is 2.17 bits per heavy atom. The predicted molar refractivity (Wildman–Crippen MR) is 94.5 cm³/mol. The van der Waals surface area contributed by atoms with E-state index in [2.05, 4.69) is 9.97 Å². The maximum atomic E-state index is 10.7. The Bertz CT molecular complexity index is 811. The number of halogens is 6. The normalized spacial score (nSPS) is 9.92. The van der Waals surface area contributed by atoms with Crippen LogP contribution in [0.5, 0.6) is 5.88 Å². The first-order chi connectivity index (χ1) is 11.1. The fraction of sp³-hybridized carbons (Fsp3) is 0.0833. The average molecular weight is 455 g/mol. The number of carboxylic acids is 1. The number of rotatable bonds is 3. The molecule has 0 radical (unpaired) electrons. The van der Waals surface area contributed by atoms with Crippen LogP contribution in [0.15, 0.2) is 16.9 Å². The van der Waals surface area contributed by atoms with Gasteiger partial charge in [-0.1, -0.05) is 69.6 Å². The first kappa shape index (κ1) is 21.2. The zero-order valence-corrected chi connectivity index (χ0v) is 15.8. The Hall–Kier alpha value is -0.890. The van der Waals surface area contributed by atoms with Crippen LogP contribution in [0.2, 0.25) is 30.4 Å². The molecule has 2 aromatic heterocycles. The minimum absolute atomic E-state index is 0.0106. The lowest BCUT2D eigenvalue weighted by molar-refractivity contribution is -0.139. The number of hydrogen-bond donors (Lipinski definition) is 2. The van der Waals surface area contributed by atoms with E-state index in [1.165, 1.54) is 12.1 Å². The molecule has 2 rings (SSSR count). The molecule has 0 saturated carbocycles. The number of hydrogen-bond acceptors (Lipinski definition) is 4. The number of carboxylic acid groups (broad SMARTS) is 1. The van der Waals surface area contributed by atoms with Gasteiger partial charge >= 0.3 is 5.97 Å². The maximum absolute atomic E-state index is 10.7. The van der Waals surface area contributed by atoms with Crippen molar-refractivity contribution in [3.05, 3.63) is 52.9 Å². The molecule has 2 heterocycles. The van der Waals surface area contributed by atoms with Crippen molar-refractivity contribution in [2.24, 2.45) is 0 Å². The van der Waals surface area contributed by atoms with Crippen LogP contribution in [0, 0.1) is 0 Å². The molecule has 0 aliphatic heterocycles. The zero-order valence-electron chi connectivity index (χ0n) is 11.2. The van der Waals surface area contributed by atoms with Gasteiger partial charge in [0.15, 0.2) is 11.8 Å². The maximum Gasteiger partial charge on any atom is 0.341 e. The summed E-state index contributed by atoms with van der Waals surface area (Å²) in [5, 5.41) is 9.02. The molecule has 0 atom stereocenters. The lowest BCUT2D eigenvalue weighted by atomic mass is 10.5. The van der Waals surface area contributed by atoms with Gasteiger partial charge in [-0.25, -0.2) is 4.79 Å². The molecule has 2 N–H and O–H groups in total. The summed E-state index contributed by atoms with van der Waals surface area (Å²) < 4.78 is 4.75. The molecule has 0 saturated heterocycles. The molecule has 2 aromatic rings. The monoisotopic (exact) mass is 452 g/mol. The van der Waals surface area contributed by atoms with Gasteiger partial charge in [0.1, 0.15) is 15.2 Å². The van der Waals surface area contributed by atoms with Crippen LogP contribution in [0.4, 0.5) is 0 Å². The molecular formula is C12H6Cl6N2O4. The van der Waals surface area contributed by atoms with E-state index in [0.717, 1.165) is 0 Å². The number of carbonyl (C=O) groups is 1. The number of aliphatic carboxylic acids is 1. The van der Waals surface area contributed by atoms with E-state index in [4.69, 9.17) is 79.4 Å². The third kappa shape index (κ3) is 6.55. The number of nitrogens with one attached hydrogen (secondary N) is 1. The third-order valence-corrected chi connectivity index (χ3v) is 4.01. The lowest BCUT2D eigenvalue weighted by Gasteiger charge is -2.05. The van der Waals surface area contributed by atoms with Gasteiger partial charge in [-0.2, -0.15) is 4.98 Å². The Balaban J connectivity index is 0.000000254. The molecule has 0 aliphatic carbocycles. The van der Waals surface area contributed by atoms with Gasteiger partial charge in [-0.15, -0.1) is 0 Å². The van der Waals surface area contributed by atoms with Crippen molar-refractivity contribution in [1.29, 1.82) is 0 Å². The Kier molecular flexibility index (Phi) is 8.42. The molecule has 24 heavy (non-hydrogen) atoms. The number of aromatic nitrogens is 2. The first-order valence-electron chi connectivity index (χ1n) is 5.71. The number of nitrogens with zero attached hydrogens (tertiary/aromatic N) is 1. The highest BCUT2D eigenvalue weighted by atomic mass is 35.5. The fourth-order valence-corrected chi connectivity index (χ4v) is 2.17. The molecule has 0 unspecified atom stereocenters. The molecule has 0 bridgehead atoms. The van der Waals surface area contributed by atoms with Crippen LogP contribution in [0.25, 0.3) is 0 Å². The number of H-pyrrole nitrogens is 1. The summed E-state index contributed by atoms with van der Waals surface area (Å²) in [7, 11) is 0. The topological polar surface area (TPSA) is 92.3 Å². The summed E-state index contributed by atoms with van der Waals surface area (Å²) in [6.45, 7) is -0.537. The third-order valence-electron chi connectivity index (χ3n) is 2.09. The molecule has 0 amide bonds. The zero-order chi connectivity index (χ0) is 18.4. The van der Waals surface area contributed by atoms with E-state index in [-0.39, 0.29) is 36.3 Å². The second-order valence-electron chi connectivity index (χ2n) is 3.84. The second-order valence-corrected chi connectivity index (χ2v) is 6.20. The SMILES string of the molecule is O=C(O)COc1nc(Cl)c(Cl)cc1Cl.O=c1[nH]c(Cl)c(Cl)cc1Cl. The second kappa shape index (κ2) is 9.56. The molecule has 0 spiro atoms. The summed E-state index contributed by atoms with van der Waals surface area (Å²) in [5.41, 5.74) is -0.434. The standard InChI is InChI=1S/C7H4Cl3NO3.C5H2Cl3NO/c8-3-1-4(9)7(11-6(3)10)14-2-5(12)13;6-2-1-3(7)5(10)9-4(2)8/h1H,2H2,(H,12,13);1H,(H,9,10). The Labute approximate surface area is 165 Å². The van der Waals surface area contributed by atoms with Gasteiger partial charge in [-0.3, -0.25) is 4.79 Å². The van der Waals surface area contributed by atoms with E-state index < -0.39 is 18.1 Å². The van der Waals surface area contributed by atoms with Gasteiger partial charge in [0.05, 0.1) is 10.0 Å². The van der Waals surface area contributed by atoms with Crippen molar-refractivity contribution in [2.45, 2.75) is 0 Å². The van der Waals surface area contributed by atoms with Crippen molar-refractivity contribution in [1.82, 2.24) is 9.97 Å². The van der Waals surface area contributed by atoms with Crippen molar-refractivity contribution in [3.63, 3.8) is 0 Å². The van der Waals surface area contributed by atoms with Gasteiger partial charge in [-0.05, 0) is 12.1 Å². The van der Waals surface area contributed by atoms with E-state index in [9.17, 15) is 9.59 Å². The van der Waals surface area contributed by atoms with Crippen molar-refractivity contribution < 1.29 is 14.6 Å². The molecule has 130 valence electrons. The van der Waals surface area contributed by atoms with Crippen LogP contribution in [0.3, 0.4) is 0 Å². The van der Waals surface area contributed by atoms with Crippen LogP contribution in [0.1, 0.15) is 0 Å². The van der Waals surface area contributed by atoms with Gasteiger partial charge < -0.3 is 14.8 Å². The van der Waals surface area contributed by atoms with Gasteiger partial charge in [0.25, 0.3) is 5.56 Å². The summed E-state index contributed by atoms with van der Waals surface area (Å²) in [6, 6.07) is 2.62. The largest absolute Gasteiger partial charge is 0.479 e. The molecular weight excluding hydrogens is 449 g/mol. The molecule has 0 aliphatic rings. The van der Waals surface area contributed by atoms with E-state index in [1.54, 1.807) is 0 Å². The Morgan fingerprint density at radius 2 is 1.62 bits per heavy atom. The quantitative estimate of drug-likeness (QED) is 0.647.